The van der Waals surface area contributed by atoms with Crippen LogP contribution in [0.4, 0.5) is 0 Å². The highest BCUT2D eigenvalue weighted by Crippen LogP contribution is 2.63. The number of fused-ring (bicyclic) bond motifs is 1. The zero-order valence-corrected chi connectivity index (χ0v) is 12.1. The Labute approximate surface area is 129 Å². The van der Waals surface area contributed by atoms with E-state index in [9.17, 15) is 14.7 Å². The summed E-state index contributed by atoms with van der Waals surface area (Å²) in [6, 6.07) is 9.66. The van der Waals surface area contributed by atoms with Gasteiger partial charge in [-0.15, -0.1) is 0 Å². The van der Waals surface area contributed by atoms with E-state index >= 15 is 0 Å². The van der Waals surface area contributed by atoms with Crippen LogP contribution in [-0.2, 0) is 16.1 Å². The molecule has 2 fully saturated rings. The Morgan fingerprint density at radius 3 is 2.32 bits per heavy atom. The number of carboxylic acid groups (broad SMARTS) is 1. The van der Waals surface area contributed by atoms with Gasteiger partial charge in [-0.2, -0.15) is 0 Å². The molecule has 1 N–H and O–H groups in total. The van der Waals surface area contributed by atoms with Crippen molar-refractivity contribution in [3.8, 4) is 0 Å². The highest BCUT2D eigenvalue weighted by atomic mass is 16.4. The molecule has 0 heterocycles. The third-order valence-electron chi connectivity index (χ3n) is 5.54. The van der Waals surface area contributed by atoms with Crippen molar-refractivity contribution in [3.63, 3.8) is 0 Å². The van der Waals surface area contributed by atoms with E-state index in [1.807, 2.05) is 36.4 Å². The van der Waals surface area contributed by atoms with Crippen molar-refractivity contribution in [2.75, 3.05) is 0 Å². The summed E-state index contributed by atoms with van der Waals surface area (Å²) < 4.78 is 0. The standard InChI is InChI=1S/C18H19NO3/c20-17(19-9-10-4-2-1-3-5-10)15-11-6-7-12(14-8-13(11)14)16(15)18(21)22/h1-7,11-16H,8-9H2,(H,19,20)(H,21,22)/p-1/t11-,12+,13-,14+,15+,16-/m1/s1. The SMILES string of the molecule is O=C([O-])[C@@H]1[C@H]2C=C[C@H]([C@H]3C[C@@H]23)[C@@H]1C(=O)NCc1ccccc1. The number of aliphatic carboxylic acids is 1. The second kappa shape index (κ2) is 4.97. The quantitative estimate of drug-likeness (QED) is 0.833. The fourth-order valence-corrected chi connectivity index (χ4v) is 4.46. The molecule has 4 aliphatic carbocycles. The molecule has 1 amide bonds. The minimum Gasteiger partial charge on any atom is -0.550 e. The lowest BCUT2D eigenvalue weighted by Gasteiger charge is -2.44. The summed E-state index contributed by atoms with van der Waals surface area (Å²) in [6.07, 6.45) is 5.11. The van der Waals surface area contributed by atoms with Crippen molar-refractivity contribution in [2.45, 2.75) is 13.0 Å². The van der Waals surface area contributed by atoms with Crippen LogP contribution in [-0.4, -0.2) is 11.9 Å². The first-order valence-corrected chi connectivity index (χ1v) is 7.87. The van der Waals surface area contributed by atoms with Crippen LogP contribution >= 0.6 is 0 Å². The second-order valence-electron chi connectivity index (χ2n) is 6.68. The molecule has 4 nitrogen and oxygen atoms in total. The predicted molar refractivity (Wildman–Crippen MR) is 78.0 cm³/mol. The fourth-order valence-electron chi connectivity index (χ4n) is 4.46. The minimum absolute atomic E-state index is 0.0209. The molecule has 2 bridgehead atoms. The molecular weight excluding hydrogens is 278 g/mol. The smallest absolute Gasteiger partial charge is 0.224 e. The summed E-state index contributed by atoms with van der Waals surface area (Å²) in [5, 5.41) is 14.5. The topological polar surface area (TPSA) is 69.2 Å². The van der Waals surface area contributed by atoms with Gasteiger partial charge in [-0.05, 0) is 35.7 Å². The van der Waals surface area contributed by atoms with Gasteiger partial charge < -0.3 is 15.2 Å². The first-order valence-electron chi connectivity index (χ1n) is 7.87. The number of amides is 1. The van der Waals surface area contributed by atoms with Gasteiger partial charge in [0.1, 0.15) is 0 Å². The molecule has 0 aliphatic heterocycles. The van der Waals surface area contributed by atoms with E-state index in [0.717, 1.165) is 12.0 Å². The van der Waals surface area contributed by atoms with Gasteiger partial charge >= 0.3 is 0 Å². The molecule has 2 saturated carbocycles. The summed E-state index contributed by atoms with van der Waals surface area (Å²) in [5.41, 5.74) is 1.02. The Bertz CT molecular complexity index is 639. The number of rotatable bonds is 4. The largest absolute Gasteiger partial charge is 0.550 e. The van der Waals surface area contributed by atoms with Gasteiger partial charge in [0.05, 0.1) is 5.92 Å². The average Bonchev–Trinajstić information content (AvgIpc) is 3.35. The van der Waals surface area contributed by atoms with Crippen molar-refractivity contribution in [1.29, 1.82) is 0 Å². The molecule has 0 aromatic heterocycles. The van der Waals surface area contributed by atoms with Crippen molar-refractivity contribution in [3.05, 3.63) is 48.0 Å². The zero-order chi connectivity index (χ0) is 15.3. The molecule has 0 saturated heterocycles. The molecule has 0 unspecified atom stereocenters. The normalized spacial score (nSPS) is 37.5. The molecule has 22 heavy (non-hydrogen) atoms. The Morgan fingerprint density at radius 1 is 1.05 bits per heavy atom. The van der Waals surface area contributed by atoms with Crippen LogP contribution in [0.15, 0.2) is 42.5 Å². The van der Waals surface area contributed by atoms with Crippen molar-refractivity contribution >= 4 is 11.9 Å². The molecule has 0 radical (unpaired) electrons. The number of nitrogens with one attached hydrogen (secondary N) is 1. The maximum Gasteiger partial charge on any atom is 0.224 e. The first kappa shape index (κ1) is 13.6. The summed E-state index contributed by atoms with van der Waals surface area (Å²) in [6.45, 7) is 0.436. The Hall–Kier alpha value is -2.10. The first-order chi connectivity index (χ1) is 10.7. The third kappa shape index (κ3) is 2.05. The molecule has 0 spiro atoms. The van der Waals surface area contributed by atoms with Crippen molar-refractivity contribution in [1.82, 2.24) is 5.32 Å². The van der Waals surface area contributed by atoms with Crippen LogP contribution in [0.5, 0.6) is 0 Å². The lowest BCUT2D eigenvalue weighted by atomic mass is 9.62. The number of benzene rings is 1. The zero-order valence-electron chi connectivity index (χ0n) is 12.1. The molecule has 5 rings (SSSR count). The van der Waals surface area contributed by atoms with E-state index in [1.165, 1.54) is 0 Å². The van der Waals surface area contributed by atoms with Crippen LogP contribution in [0.25, 0.3) is 0 Å². The lowest BCUT2D eigenvalue weighted by molar-refractivity contribution is -0.316. The van der Waals surface area contributed by atoms with Gasteiger partial charge in [-0.25, -0.2) is 0 Å². The van der Waals surface area contributed by atoms with Crippen LogP contribution in [0.2, 0.25) is 0 Å². The van der Waals surface area contributed by atoms with E-state index in [2.05, 4.69) is 11.4 Å². The van der Waals surface area contributed by atoms with Crippen molar-refractivity contribution in [2.24, 2.45) is 35.5 Å². The van der Waals surface area contributed by atoms with Crippen LogP contribution in [0.3, 0.4) is 0 Å². The van der Waals surface area contributed by atoms with Gasteiger partial charge in [0.2, 0.25) is 5.91 Å². The van der Waals surface area contributed by atoms with Crippen LogP contribution < -0.4 is 10.4 Å². The van der Waals surface area contributed by atoms with Crippen LogP contribution in [0, 0.1) is 35.5 Å². The summed E-state index contributed by atoms with van der Waals surface area (Å²) in [7, 11) is 0. The molecule has 6 atom stereocenters. The van der Waals surface area contributed by atoms with Crippen LogP contribution in [0.1, 0.15) is 12.0 Å². The fraction of sp³-hybridized carbons (Fsp3) is 0.444. The monoisotopic (exact) mass is 296 g/mol. The summed E-state index contributed by atoms with van der Waals surface area (Å²) >= 11 is 0. The van der Waals surface area contributed by atoms with Gasteiger partial charge in [-0.3, -0.25) is 4.79 Å². The van der Waals surface area contributed by atoms with E-state index in [0.29, 0.717) is 18.4 Å². The Balaban J connectivity index is 1.51. The molecule has 4 heteroatoms. The van der Waals surface area contributed by atoms with Gasteiger partial charge in [0.15, 0.2) is 0 Å². The highest BCUT2D eigenvalue weighted by molar-refractivity contribution is 5.86. The minimum atomic E-state index is -1.08. The molecule has 4 aliphatic rings. The van der Waals surface area contributed by atoms with E-state index in [1.54, 1.807) is 0 Å². The summed E-state index contributed by atoms with van der Waals surface area (Å²) in [4.78, 5) is 24.2. The summed E-state index contributed by atoms with van der Waals surface area (Å²) in [5.74, 6) is -1.38. The average molecular weight is 296 g/mol. The molecule has 1 aromatic carbocycles. The third-order valence-corrected chi connectivity index (χ3v) is 5.54. The Morgan fingerprint density at radius 2 is 1.68 bits per heavy atom. The van der Waals surface area contributed by atoms with E-state index < -0.39 is 17.8 Å². The van der Waals surface area contributed by atoms with Gasteiger partial charge in [0, 0.05) is 18.4 Å². The Kier molecular flexibility index (Phi) is 3.06. The maximum atomic E-state index is 12.6. The number of carbonyl (C=O) groups is 2. The molecular formula is C18H18NO3-. The number of hydrogen-bond donors (Lipinski definition) is 1. The van der Waals surface area contributed by atoms with E-state index in [-0.39, 0.29) is 17.7 Å². The maximum absolute atomic E-state index is 12.6. The number of allylic oxidation sites excluding steroid dienone is 2. The number of carbonyl (C=O) groups excluding carboxylic acids is 2. The van der Waals surface area contributed by atoms with Crippen molar-refractivity contribution < 1.29 is 14.7 Å². The van der Waals surface area contributed by atoms with Gasteiger partial charge in [0.25, 0.3) is 0 Å². The second-order valence-corrected chi connectivity index (χ2v) is 6.68. The van der Waals surface area contributed by atoms with E-state index in [4.69, 9.17) is 0 Å². The number of carboxylic acids is 1. The number of hydrogen-bond acceptors (Lipinski definition) is 3. The highest BCUT2D eigenvalue weighted by Gasteiger charge is 2.61. The lowest BCUT2D eigenvalue weighted by Crippen LogP contribution is -2.53. The molecule has 1 aromatic rings. The molecule has 114 valence electrons. The predicted octanol–water partition coefficient (Wildman–Crippen LogP) is 0.737. The van der Waals surface area contributed by atoms with Gasteiger partial charge in [-0.1, -0.05) is 42.5 Å².